The lowest BCUT2D eigenvalue weighted by Crippen LogP contribution is -2.37. The Balaban J connectivity index is 1.35. The lowest BCUT2D eigenvalue weighted by Gasteiger charge is -2.32. The van der Waals surface area contributed by atoms with Gasteiger partial charge in [-0.2, -0.15) is 0 Å². The second kappa shape index (κ2) is 13.3. The maximum absolute atomic E-state index is 12.8. The second-order valence-electron chi connectivity index (χ2n) is 11.1. The third kappa shape index (κ3) is 7.62. The van der Waals surface area contributed by atoms with E-state index in [-0.39, 0.29) is 18.4 Å². The number of piperidine rings is 1. The summed E-state index contributed by atoms with van der Waals surface area (Å²) in [7, 11) is 1.66. The summed E-state index contributed by atoms with van der Waals surface area (Å²) in [5.41, 5.74) is 17.4. The average Bonchev–Trinajstić information content (AvgIpc) is 3.33. The third-order valence-electron chi connectivity index (χ3n) is 7.87. The predicted octanol–water partition coefficient (Wildman–Crippen LogP) is 6.37. The Morgan fingerprint density at radius 3 is 2.37 bits per heavy atom. The van der Waals surface area contributed by atoms with E-state index in [4.69, 9.17) is 20.9 Å². The van der Waals surface area contributed by atoms with Gasteiger partial charge >= 0.3 is 6.36 Å². The summed E-state index contributed by atoms with van der Waals surface area (Å²) in [5.74, 6) is 1.35. The molecule has 0 atom stereocenters. The molecule has 3 aromatic carbocycles. The molecular weight excluding hydrogens is 557 g/mol. The minimum atomic E-state index is -4.77. The van der Waals surface area contributed by atoms with Gasteiger partial charge in [0.2, 0.25) is 0 Å². The van der Waals surface area contributed by atoms with Gasteiger partial charge in [-0.05, 0) is 91.4 Å². The van der Waals surface area contributed by atoms with Crippen molar-refractivity contribution in [1.29, 1.82) is 0 Å². The first kappa shape index (κ1) is 30.7. The number of hydrogen-bond acceptors (Lipinski definition) is 6. The number of alkyl halides is 3. The average molecular weight is 597 g/mol. The first-order valence-electron chi connectivity index (χ1n) is 14.6. The van der Waals surface area contributed by atoms with E-state index in [1.807, 2.05) is 31.3 Å². The van der Waals surface area contributed by atoms with Crippen LogP contribution in [0.2, 0.25) is 0 Å². The molecule has 7 nitrogen and oxygen atoms in total. The number of aromatic nitrogens is 1. The van der Waals surface area contributed by atoms with Crippen LogP contribution < -0.4 is 25.7 Å². The molecule has 1 aromatic heterocycles. The van der Waals surface area contributed by atoms with E-state index < -0.39 is 6.36 Å². The van der Waals surface area contributed by atoms with E-state index in [1.54, 1.807) is 13.2 Å². The van der Waals surface area contributed by atoms with Gasteiger partial charge in [-0.3, -0.25) is 4.90 Å². The Morgan fingerprint density at radius 1 is 0.907 bits per heavy atom. The van der Waals surface area contributed by atoms with Crippen molar-refractivity contribution >= 4 is 10.9 Å². The van der Waals surface area contributed by atoms with Gasteiger partial charge < -0.3 is 30.2 Å². The Hall–Kier alpha value is -3.73. The minimum absolute atomic E-state index is 0.0753. The molecule has 1 aliphatic heterocycles. The monoisotopic (exact) mass is 596 g/mol. The Labute approximate surface area is 250 Å². The number of nitrogens with two attached hydrogens (primary N) is 2. The van der Waals surface area contributed by atoms with Crippen molar-refractivity contribution in [2.75, 3.05) is 26.7 Å². The molecule has 10 heteroatoms. The molecule has 1 saturated heterocycles. The fourth-order valence-corrected chi connectivity index (χ4v) is 5.84. The van der Waals surface area contributed by atoms with E-state index in [2.05, 4.69) is 32.4 Å². The molecule has 1 fully saturated rings. The number of halogens is 3. The molecule has 43 heavy (non-hydrogen) atoms. The number of rotatable bonds is 11. The van der Waals surface area contributed by atoms with Crippen LogP contribution in [0.15, 0.2) is 60.8 Å². The Bertz CT molecular complexity index is 1540. The predicted molar refractivity (Wildman–Crippen MR) is 162 cm³/mol. The van der Waals surface area contributed by atoms with E-state index >= 15 is 0 Å². The summed E-state index contributed by atoms with van der Waals surface area (Å²) >= 11 is 0. The van der Waals surface area contributed by atoms with Crippen LogP contribution in [0, 0.1) is 6.92 Å². The van der Waals surface area contributed by atoms with Crippen LogP contribution in [0.4, 0.5) is 13.2 Å². The normalized spacial score (nSPS) is 14.8. The van der Waals surface area contributed by atoms with Crippen LogP contribution >= 0.6 is 0 Å². The Kier molecular flexibility index (Phi) is 9.49. The molecule has 0 aliphatic carbocycles. The lowest BCUT2D eigenvalue weighted by molar-refractivity contribution is -0.274. The van der Waals surface area contributed by atoms with Gasteiger partial charge in [-0.25, -0.2) is 0 Å². The van der Waals surface area contributed by atoms with E-state index in [1.165, 1.54) is 17.7 Å². The number of nitrogens with zero attached hydrogens (tertiary/aromatic N) is 2. The molecule has 0 saturated carbocycles. The largest absolute Gasteiger partial charge is 0.573 e. The summed E-state index contributed by atoms with van der Waals surface area (Å²) in [5, 5.41) is 1.03. The van der Waals surface area contributed by atoms with Gasteiger partial charge in [0, 0.05) is 61.5 Å². The zero-order valence-corrected chi connectivity index (χ0v) is 24.6. The zero-order chi connectivity index (χ0) is 30.6. The molecule has 2 heterocycles. The van der Waals surface area contributed by atoms with Gasteiger partial charge in [-0.1, -0.05) is 12.1 Å². The maximum atomic E-state index is 12.8. The molecule has 4 aromatic rings. The summed E-state index contributed by atoms with van der Waals surface area (Å²) in [6.07, 6.45) is 0.0739. The highest BCUT2D eigenvalue weighted by Gasteiger charge is 2.31. The number of methoxy groups -OCH3 is 1. The van der Waals surface area contributed by atoms with Crippen LogP contribution in [0.3, 0.4) is 0 Å². The molecule has 5 rings (SSSR count). The fraction of sp³-hybridized carbons (Fsp3) is 0.394. The Morgan fingerprint density at radius 2 is 1.67 bits per heavy atom. The highest BCUT2D eigenvalue weighted by atomic mass is 19.4. The molecule has 4 N–H and O–H groups in total. The number of aryl methyl sites for hydroxylation is 2. The van der Waals surface area contributed by atoms with Crippen molar-refractivity contribution in [3.05, 3.63) is 77.5 Å². The molecule has 230 valence electrons. The molecule has 0 spiro atoms. The summed E-state index contributed by atoms with van der Waals surface area (Å²) in [4.78, 5) is 2.43. The van der Waals surface area contributed by atoms with Gasteiger partial charge in [0.1, 0.15) is 23.4 Å². The summed E-state index contributed by atoms with van der Waals surface area (Å²) in [6.45, 7) is 6.01. The maximum Gasteiger partial charge on any atom is 0.573 e. The van der Waals surface area contributed by atoms with Gasteiger partial charge in [0.05, 0.1) is 7.11 Å². The van der Waals surface area contributed by atoms with Crippen LogP contribution in [0.1, 0.15) is 36.0 Å². The third-order valence-corrected chi connectivity index (χ3v) is 7.87. The van der Waals surface area contributed by atoms with E-state index in [0.29, 0.717) is 12.1 Å². The fourth-order valence-electron chi connectivity index (χ4n) is 5.84. The van der Waals surface area contributed by atoms with Crippen molar-refractivity contribution in [3.63, 3.8) is 0 Å². The van der Waals surface area contributed by atoms with Gasteiger partial charge in [-0.15, -0.1) is 13.2 Å². The topological polar surface area (TPSA) is 87.9 Å². The minimum Gasteiger partial charge on any atom is -0.497 e. The standard InChI is InChI=1S/C33H39F3N4O3/c1-22-14-27(41-2)18-28(15-22)42-25-8-12-39(13-9-25)20-23-4-7-32-30(16-23)31(21-40(32)11-3-10-37)29-6-5-26(17-24(29)19-38)43-33(34,35)36/h4-7,14-18,21,25H,3,8-13,19-20,37-38H2,1-2H3. The first-order valence-corrected chi connectivity index (χ1v) is 14.6. The van der Waals surface area contributed by atoms with Crippen molar-refractivity contribution in [2.24, 2.45) is 11.5 Å². The smallest absolute Gasteiger partial charge is 0.497 e. The van der Waals surface area contributed by atoms with E-state index in [0.717, 1.165) is 84.5 Å². The van der Waals surface area contributed by atoms with Crippen molar-refractivity contribution in [1.82, 2.24) is 9.47 Å². The van der Waals surface area contributed by atoms with Crippen molar-refractivity contribution < 1.29 is 27.4 Å². The second-order valence-corrected chi connectivity index (χ2v) is 11.1. The van der Waals surface area contributed by atoms with E-state index in [9.17, 15) is 13.2 Å². The van der Waals surface area contributed by atoms with Gasteiger partial charge in [0.25, 0.3) is 0 Å². The number of hydrogen-bond donors (Lipinski definition) is 2. The van der Waals surface area contributed by atoms with Crippen LogP contribution in [0.5, 0.6) is 17.2 Å². The highest BCUT2D eigenvalue weighted by molar-refractivity contribution is 5.97. The number of benzene rings is 3. The molecule has 0 unspecified atom stereocenters. The number of ether oxygens (including phenoxy) is 3. The first-order chi connectivity index (χ1) is 20.6. The summed E-state index contributed by atoms with van der Waals surface area (Å²) in [6, 6.07) is 16.8. The van der Waals surface area contributed by atoms with Crippen LogP contribution in [-0.4, -0.2) is 48.7 Å². The highest BCUT2D eigenvalue weighted by Crippen LogP contribution is 2.36. The quantitative estimate of drug-likeness (QED) is 0.209. The van der Waals surface area contributed by atoms with Crippen molar-refractivity contribution in [3.8, 4) is 28.4 Å². The van der Waals surface area contributed by atoms with Crippen molar-refractivity contribution in [2.45, 2.75) is 58.3 Å². The molecule has 1 aliphatic rings. The zero-order valence-electron chi connectivity index (χ0n) is 24.6. The van der Waals surface area contributed by atoms with Crippen LogP contribution in [-0.2, 0) is 19.6 Å². The SMILES string of the molecule is COc1cc(C)cc(OC2CCN(Cc3ccc4c(c3)c(-c3ccc(OC(F)(F)F)cc3CN)cn4CCCN)CC2)c1. The lowest BCUT2D eigenvalue weighted by atomic mass is 9.97. The molecule has 0 bridgehead atoms. The summed E-state index contributed by atoms with van der Waals surface area (Å²) < 4.78 is 56.5. The van der Waals surface area contributed by atoms with Gasteiger partial charge in [0.15, 0.2) is 0 Å². The molecule has 0 radical (unpaired) electrons. The van der Waals surface area contributed by atoms with Crippen LogP contribution in [0.25, 0.3) is 22.0 Å². The number of fused-ring (bicyclic) bond motifs is 1. The molecular formula is C33H39F3N4O3. The molecule has 0 amide bonds. The number of likely N-dealkylation sites (tertiary alicyclic amines) is 1.